The highest BCUT2D eigenvalue weighted by molar-refractivity contribution is 6.09. The fraction of sp³-hybridized carbons (Fsp3) is 0.333. The van der Waals surface area contributed by atoms with Crippen LogP contribution in [-0.2, 0) is 4.79 Å². The first-order chi connectivity index (χ1) is 12.5. The van der Waals surface area contributed by atoms with Crippen LogP contribution < -0.4 is 5.32 Å². The molecule has 1 aliphatic rings. The number of carboxylic acid groups (broad SMARTS) is 1. The second kappa shape index (κ2) is 9.85. The quantitative estimate of drug-likeness (QED) is 0.718. The molecule has 138 valence electrons. The second-order valence-electron chi connectivity index (χ2n) is 6.36. The summed E-state index contributed by atoms with van der Waals surface area (Å²) in [6.45, 7) is 3.00. The highest BCUT2D eigenvalue weighted by Crippen LogP contribution is 2.18. The van der Waals surface area contributed by atoms with E-state index < -0.39 is 11.9 Å². The van der Waals surface area contributed by atoms with Crippen molar-refractivity contribution in [2.45, 2.75) is 31.7 Å². The molecule has 5 nitrogen and oxygen atoms in total. The number of ketones is 1. The number of aliphatic hydroxyl groups is 1. The number of hydrogen-bond acceptors (Lipinski definition) is 4. The number of hydrogen-bond donors (Lipinski definition) is 3. The molecule has 0 saturated carbocycles. The normalized spacial score (nSPS) is 17.1. The van der Waals surface area contributed by atoms with Crippen molar-refractivity contribution in [3.05, 3.63) is 71.3 Å². The standard InChI is InChI=1S/C16H14O3.C5H11NO/c1-11(16(18)19)13-8-5-9-14(10-13)15(17)12-6-3-2-4-7-12;7-4-5-2-1-3-6-5/h2-11H,1H3,(H,18,19);5-7H,1-4H2/t11-;5-/m10/s1. The van der Waals surface area contributed by atoms with E-state index in [-0.39, 0.29) is 5.78 Å². The molecule has 3 rings (SSSR count). The largest absolute Gasteiger partial charge is 0.481 e. The van der Waals surface area contributed by atoms with Gasteiger partial charge in [0.1, 0.15) is 0 Å². The van der Waals surface area contributed by atoms with E-state index in [0.717, 1.165) is 13.0 Å². The Bertz CT molecular complexity index is 724. The van der Waals surface area contributed by atoms with E-state index in [1.165, 1.54) is 6.42 Å². The van der Waals surface area contributed by atoms with Gasteiger partial charge in [-0.3, -0.25) is 9.59 Å². The number of carbonyl (C=O) groups excluding carboxylic acids is 1. The summed E-state index contributed by atoms with van der Waals surface area (Å²) in [5, 5.41) is 20.7. The zero-order chi connectivity index (χ0) is 18.9. The molecule has 1 fully saturated rings. The van der Waals surface area contributed by atoms with Crippen molar-refractivity contribution in [1.29, 1.82) is 0 Å². The molecule has 0 radical (unpaired) electrons. The van der Waals surface area contributed by atoms with Gasteiger partial charge in [-0.05, 0) is 37.9 Å². The molecule has 0 amide bonds. The second-order valence-corrected chi connectivity index (χ2v) is 6.36. The fourth-order valence-corrected chi connectivity index (χ4v) is 2.76. The Morgan fingerprint density at radius 2 is 1.81 bits per heavy atom. The van der Waals surface area contributed by atoms with Crippen LogP contribution in [0, 0.1) is 0 Å². The fourth-order valence-electron chi connectivity index (χ4n) is 2.76. The molecule has 0 unspecified atom stereocenters. The minimum absolute atomic E-state index is 0.0972. The van der Waals surface area contributed by atoms with Crippen molar-refractivity contribution in [3.8, 4) is 0 Å². The van der Waals surface area contributed by atoms with Crippen LogP contribution in [0.3, 0.4) is 0 Å². The van der Waals surface area contributed by atoms with E-state index in [4.69, 9.17) is 10.2 Å². The van der Waals surface area contributed by atoms with E-state index in [9.17, 15) is 9.59 Å². The van der Waals surface area contributed by atoms with Crippen molar-refractivity contribution >= 4 is 11.8 Å². The Morgan fingerprint density at radius 1 is 1.12 bits per heavy atom. The first-order valence-electron chi connectivity index (χ1n) is 8.79. The molecule has 0 aromatic heterocycles. The minimum Gasteiger partial charge on any atom is -0.481 e. The van der Waals surface area contributed by atoms with Gasteiger partial charge in [-0.1, -0.05) is 48.5 Å². The van der Waals surface area contributed by atoms with Crippen LogP contribution in [0.4, 0.5) is 0 Å². The molecule has 0 bridgehead atoms. The van der Waals surface area contributed by atoms with Crippen LogP contribution in [0.15, 0.2) is 54.6 Å². The van der Waals surface area contributed by atoms with Crippen LogP contribution in [0.1, 0.15) is 47.2 Å². The van der Waals surface area contributed by atoms with Crippen LogP contribution in [-0.4, -0.2) is 41.2 Å². The van der Waals surface area contributed by atoms with Gasteiger partial charge in [0.25, 0.3) is 0 Å². The smallest absolute Gasteiger partial charge is 0.310 e. The van der Waals surface area contributed by atoms with Gasteiger partial charge in [0.2, 0.25) is 0 Å². The molecule has 2 atom stereocenters. The molecular weight excluding hydrogens is 330 g/mol. The summed E-state index contributed by atoms with van der Waals surface area (Å²) in [5.41, 5.74) is 1.74. The maximum absolute atomic E-state index is 12.2. The number of benzene rings is 2. The molecule has 0 spiro atoms. The first kappa shape index (κ1) is 19.8. The lowest BCUT2D eigenvalue weighted by Crippen LogP contribution is -2.24. The Balaban J connectivity index is 0.000000290. The summed E-state index contributed by atoms with van der Waals surface area (Å²) in [7, 11) is 0. The molecule has 1 saturated heterocycles. The number of nitrogens with one attached hydrogen (secondary N) is 1. The first-order valence-corrected chi connectivity index (χ1v) is 8.79. The molecule has 0 aliphatic carbocycles. The lowest BCUT2D eigenvalue weighted by Gasteiger charge is -2.08. The molecular formula is C21H25NO4. The van der Waals surface area contributed by atoms with Gasteiger partial charge in [0.05, 0.1) is 12.5 Å². The average Bonchev–Trinajstić information content (AvgIpc) is 3.22. The number of aliphatic hydroxyl groups excluding tert-OH is 1. The molecule has 2 aromatic rings. The zero-order valence-corrected chi connectivity index (χ0v) is 14.9. The van der Waals surface area contributed by atoms with Gasteiger partial charge in [0, 0.05) is 17.2 Å². The molecule has 3 N–H and O–H groups in total. The van der Waals surface area contributed by atoms with Crippen molar-refractivity contribution in [3.63, 3.8) is 0 Å². The van der Waals surface area contributed by atoms with Crippen LogP contribution in [0.2, 0.25) is 0 Å². The summed E-state index contributed by atoms with van der Waals surface area (Å²) >= 11 is 0. The van der Waals surface area contributed by atoms with Crippen molar-refractivity contribution in [1.82, 2.24) is 5.32 Å². The molecule has 1 aliphatic heterocycles. The summed E-state index contributed by atoms with van der Waals surface area (Å²) < 4.78 is 0. The number of carboxylic acids is 1. The topological polar surface area (TPSA) is 86.6 Å². The molecule has 2 aromatic carbocycles. The summed E-state index contributed by atoms with van der Waals surface area (Å²) in [6.07, 6.45) is 2.38. The highest BCUT2D eigenvalue weighted by atomic mass is 16.4. The Labute approximate surface area is 153 Å². The van der Waals surface area contributed by atoms with E-state index in [1.807, 2.05) is 6.07 Å². The third-order valence-corrected chi connectivity index (χ3v) is 4.44. The van der Waals surface area contributed by atoms with E-state index in [1.54, 1.807) is 55.5 Å². The Morgan fingerprint density at radius 3 is 2.35 bits per heavy atom. The lowest BCUT2D eigenvalue weighted by molar-refractivity contribution is -0.138. The maximum Gasteiger partial charge on any atom is 0.310 e. The Kier molecular flexibility index (Phi) is 7.51. The van der Waals surface area contributed by atoms with Gasteiger partial charge in [-0.25, -0.2) is 0 Å². The predicted molar refractivity (Wildman–Crippen MR) is 100 cm³/mol. The average molecular weight is 355 g/mol. The predicted octanol–water partition coefficient (Wildman–Crippen LogP) is 2.84. The number of carbonyl (C=O) groups is 2. The maximum atomic E-state index is 12.2. The van der Waals surface area contributed by atoms with Crippen LogP contribution in [0.25, 0.3) is 0 Å². The zero-order valence-electron chi connectivity index (χ0n) is 14.9. The van der Waals surface area contributed by atoms with Crippen molar-refractivity contribution < 1.29 is 19.8 Å². The van der Waals surface area contributed by atoms with E-state index in [0.29, 0.717) is 29.3 Å². The van der Waals surface area contributed by atoms with Crippen molar-refractivity contribution in [2.24, 2.45) is 0 Å². The monoisotopic (exact) mass is 355 g/mol. The van der Waals surface area contributed by atoms with Crippen molar-refractivity contribution in [2.75, 3.05) is 13.2 Å². The number of aliphatic carboxylic acids is 1. The van der Waals surface area contributed by atoms with Crippen LogP contribution >= 0.6 is 0 Å². The SMILES string of the molecule is C[C@@H](C(=O)O)c1cccc(C(=O)c2ccccc2)c1.OC[C@@H]1CCCN1. The lowest BCUT2D eigenvalue weighted by atomic mass is 9.96. The van der Waals surface area contributed by atoms with E-state index >= 15 is 0 Å². The van der Waals surface area contributed by atoms with Gasteiger partial charge in [0.15, 0.2) is 5.78 Å². The molecule has 1 heterocycles. The summed E-state index contributed by atoms with van der Waals surface area (Å²) in [6, 6.07) is 16.1. The third-order valence-electron chi connectivity index (χ3n) is 4.44. The van der Waals surface area contributed by atoms with Gasteiger partial charge < -0.3 is 15.5 Å². The van der Waals surface area contributed by atoms with Gasteiger partial charge in [-0.2, -0.15) is 0 Å². The Hall–Kier alpha value is -2.50. The summed E-state index contributed by atoms with van der Waals surface area (Å²) in [5.74, 6) is -1.62. The highest BCUT2D eigenvalue weighted by Gasteiger charge is 2.16. The van der Waals surface area contributed by atoms with Gasteiger partial charge >= 0.3 is 5.97 Å². The van der Waals surface area contributed by atoms with E-state index in [2.05, 4.69) is 5.32 Å². The summed E-state index contributed by atoms with van der Waals surface area (Å²) in [4.78, 5) is 23.2. The van der Waals surface area contributed by atoms with Crippen LogP contribution in [0.5, 0.6) is 0 Å². The third kappa shape index (κ3) is 5.51. The minimum atomic E-state index is -0.899. The number of rotatable bonds is 5. The van der Waals surface area contributed by atoms with Gasteiger partial charge in [-0.15, -0.1) is 0 Å². The molecule has 26 heavy (non-hydrogen) atoms. The molecule has 5 heteroatoms.